The van der Waals surface area contributed by atoms with Gasteiger partial charge in [0.25, 0.3) is 5.91 Å². The van der Waals surface area contributed by atoms with E-state index >= 15 is 0 Å². The van der Waals surface area contributed by atoms with Crippen LogP contribution in [0.15, 0.2) is 24.3 Å². The van der Waals surface area contributed by atoms with Gasteiger partial charge in [-0.2, -0.15) is 11.8 Å². The van der Waals surface area contributed by atoms with Gasteiger partial charge < -0.3 is 21.1 Å². The SMILES string of the molecule is CSCC[C@H](NC(N)=O)C(=O)OCC(=O)Nc1ccc(F)cc1. The van der Waals surface area contributed by atoms with Crippen LogP contribution < -0.4 is 16.4 Å². The topological polar surface area (TPSA) is 111 Å². The Kier molecular flexibility index (Phi) is 7.89. The lowest BCUT2D eigenvalue weighted by molar-refractivity contribution is -0.149. The number of carbonyl (C=O) groups excluding carboxylic acids is 3. The molecule has 1 atom stereocenters. The van der Waals surface area contributed by atoms with Crippen LogP contribution in [0.25, 0.3) is 0 Å². The van der Waals surface area contributed by atoms with Crippen molar-refractivity contribution in [3.8, 4) is 0 Å². The highest BCUT2D eigenvalue weighted by atomic mass is 32.2. The predicted molar refractivity (Wildman–Crippen MR) is 85.5 cm³/mol. The number of nitrogens with two attached hydrogens (primary N) is 1. The molecular formula is C14H18FN3O4S. The number of ether oxygens (including phenoxy) is 1. The molecule has 0 unspecified atom stereocenters. The minimum atomic E-state index is -0.904. The molecule has 9 heteroatoms. The molecule has 0 aromatic heterocycles. The molecule has 0 saturated heterocycles. The minimum Gasteiger partial charge on any atom is -0.454 e. The van der Waals surface area contributed by atoms with Crippen molar-refractivity contribution in [2.45, 2.75) is 12.5 Å². The summed E-state index contributed by atoms with van der Waals surface area (Å²) in [4.78, 5) is 34.4. The fourth-order valence-corrected chi connectivity index (χ4v) is 2.10. The quantitative estimate of drug-likeness (QED) is 0.612. The zero-order valence-electron chi connectivity index (χ0n) is 12.5. The molecule has 0 fully saturated rings. The van der Waals surface area contributed by atoms with E-state index in [2.05, 4.69) is 10.6 Å². The predicted octanol–water partition coefficient (Wildman–Crippen LogP) is 1.10. The summed E-state index contributed by atoms with van der Waals surface area (Å²) in [5.74, 6) is -1.13. The Morgan fingerprint density at radius 3 is 2.52 bits per heavy atom. The summed E-state index contributed by atoms with van der Waals surface area (Å²) >= 11 is 1.49. The number of thioether (sulfide) groups is 1. The van der Waals surface area contributed by atoms with E-state index in [1.165, 1.54) is 36.0 Å². The van der Waals surface area contributed by atoms with E-state index in [9.17, 15) is 18.8 Å². The number of halogens is 1. The number of urea groups is 1. The number of esters is 1. The van der Waals surface area contributed by atoms with Gasteiger partial charge in [0.05, 0.1) is 0 Å². The van der Waals surface area contributed by atoms with Crippen molar-refractivity contribution in [1.29, 1.82) is 0 Å². The lowest BCUT2D eigenvalue weighted by Crippen LogP contribution is -2.45. The number of hydrogen-bond donors (Lipinski definition) is 3. The zero-order chi connectivity index (χ0) is 17.2. The van der Waals surface area contributed by atoms with Crippen LogP contribution >= 0.6 is 11.8 Å². The molecule has 0 aliphatic rings. The van der Waals surface area contributed by atoms with Gasteiger partial charge in [-0.3, -0.25) is 4.79 Å². The first-order chi connectivity index (χ1) is 10.9. The van der Waals surface area contributed by atoms with Crippen LogP contribution in [0, 0.1) is 5.82 Å². The molecule has 1 rings (SSSR count). The number of benzene rings is 1. The first-order valence-corrected chi connectivity index (χ1v) is 8.08. The summed E-state index contributed by atoms with van der Waals surface area (Å²) in [5, 5.41) is 4.72. The maximum Gasteiger partial charge on any atom is 0.329 e. The number of carbonyl (C=O) groups is 3. The van der Waals surface area contributed by atoms with Crippen molar-refractivity contribution in [2.75, 3.05) is 23.9 Å². The van der Waals surface area contributed by atoms with Crippen molar-refractivity contribution in [3.05, 3.63) is 30.1 Å². The monoisotopic (exact) mass is 343 g/mol. The van der Waals surface area contributed by atoms with E-state index in [0.29, 0.717) is 17.9 Å². The summed E-state index contributed by atoms with van der Waals surface area (Å²) < 4.78 is 17.6. The number of hydrogen-bond acceptors (Lipinski definition) is 5. The molecule has 0 spiro atoms. The highest BCUT2D eigenvalue weighted by molar-refractivity contribution is 7.98. The van der Waals surface area contributed by atoms with Crippen LogP contribution in [-0.2, 0) is 14.3 Å². The molecule has 0 radical (unpaired) electrons. The first-order valence-electron chi connectivity index (χ1n) is 6.69. The van der Waals surface area contributed by atoms with E-state index in [1.807, 2.05) is 6.26 Å². The molecule has 1 aromatic rings. The smallest absolute Gasteiger partial charge is 0.329 e. The van der Waals surface area contributed by atoms with Crippen LogP contribution in [-0.4, -0.2) is 42.6 Å². The van der Waals surface area contributed by atoms with Gasteiger partial charge in [-0.05, 0) is 42.7 Å². The zero-order valence-corrected chi connectivity index (χ0v) is 13.3. The lowest BCUT2D eigenvalue weighted by Gasteiger charge is -2.15. The van der Waals surface area contributed by atoms with E-state index in [1.54, 1.807) is 0 Å². The molecule has 126 valence electrons. The highest BCUT2D eigenvalue weighted by Crippen LogP contribution is 2.08. The second-order valence-electron chi connectivity index (χ2n) is 4.51. The Bertz CT molecular complexity index is 553. The lowest BCUT2D eigenvalue weighted by atomic mass is 10.2. The van der Waals surface area contributed by atoms with Crippen LogP contribution in [0.4, 0.5) is 14.9 Å². The molecule has 0 aliphatic carbocycles. The van der Waals surface area contributed by atoms with Crippen molar-refractivity contribution < 1.29 is 23.5 Å². The molecule has 23 heavy (non-hydrogen) atoms. The van der Waals surface area contributed by atoms with E-state index in [-0.39, 0.29) is 0 Å². The number of primary amides is 1. The fraction of sp³-hybridized carbons (Fsp3) is 0.357. The third-order valence-electron chi connectivity index (χ3n) is 2.69. The van der Waals surface area contributed by atoms with Gasteiger partial charge in [0.15, 0.2) is 6.61 Å². The van der Waals surface area contributed by atoms with Gasteiger partial charge in [-0.1, -0.05) is 0 Å². The standard InChI is InChI=1S/C14H18FN3O4S/c1-23-7-6-11(18-14(16)21)13(20)22-8-12(19)17-10-4-2-9(15)3-5-10/h2-5,11H,6-8H2,1H3,(H,17,19)(H3,16,18,21)/t11-/m0/s1. The average molecular weight is 343 g/mol. The third-order valence-corrected chi connectivity index (χ3v) is 3.33. The molecular weight excluding hydrogens is 325 g/mol. The molecule has 7 nitrogen and oxygen atoms in total. The summed E-state index contributed by atoms with van der Waals surface area (Å²) in [7, 11) is 0. The summed E-state index contributed by atoms with van der Waals surface area (Å²) in [6.07, 6.45) is 2.19. The average Bonchev–Trinajstić information content (AvgIpc) is 2.51. The summed E-state index contributed by atoms with van der Waals surface area (Å²) in [6.45, 7) is -0.521. The van der Waals surface area contributed by atoms with Crippen LogP contribution in [0.5, 0.6) is 0 Å². The second kappa shape index (κ2) is 9.67. The van der Waals surface area contributed by atoms with E-state index in [0.717, 1.165) is 0 Å². The van der Waals surface area contributed by atoms with Crippen LogP contribution in [0.2, 0.25) is 0 Å². The fourth-order valence-electron chi connectivity index (χ4n) is 1.62. The Balaban J connectivity index is 2.46. The van der Waals surface area contributed by atoms with Crippen molar-refractivity contribution in [3.63, 3.8) is 0 Å². The van der Waals surface area contributed by atoms with Gasteiger partial charge in [-0.25, -0.2) is 14.0 Å². The van der Waals surface area contributed by atoms with Gasteiger partial charge >= 0.3 is 12.0 Å². The summed E-state index contributed by atoms with van der Waals surface area (Å²) in [5.41, 5.74) is 5.38. The molecule has 0 bridgehead atoms. The van der Waals surface area contributed by atoms with E-state index < -0.39 is 36.4 Å². The maximum atomic E-state index is 12.7. The Labute approximate surface area is 137 Å². The number of rotatable bonds is 8. The van der Waals surface area contributed by atoms with Crippen molar-refractivity contribution in [2.24, 2.45) is 5.73 Å². The minimum absolute atomic E-state index is 0.336. The largest absolute Gasteiger partial charge is 0.454 e. The highest BCUT2D eigenvalue weighted by Gasteiger charge is 2.21. The van der Waals surface area contributed by atoms with Gasteiger partial charge in [0.2, 0.25) is 0 Å². The van der Waals surface area contributed by atoms with Crippen LogP contribution in [0.3, 0.4) is 0 Å². The molecule has 0 saturated carbocycles. The van der Waals surface area contributed by atoms with Crippen molar-refractivity contribution >= 4 is 35.4 Å². The Morgan fingerprint density at radius 2 is 1.96 bits per heavy atom. The van der Waals surface area contributed by atoms with E-state index in [4.69, 9.17) is 10.5 Å². The number of nitrogens with one attached hydrogen (secondary N) is 2. The number of anilines is 1. The summed E-state index contributed by atoms with van der Waals surface area (Å²) in [6, 6.07) is 3.39. The maximum absolute atomic E-state index is 12.7. The second-order valence-corrected chi connectivity index (χ2v) is 5.49. The normalized spacial score (nSPS) is 11.4. The third kappa shape index (κ3) is 7.50. The van der Waals surface area contributed by atoms with Gasteiger partial charge in [-0.15, -0.1) is 0 Å². The van der Waals surface area contributed by atoms with Gasteiger partial charge in [0, 0.05) is 5.69 Å². The molecule has 3 amide bonds. The molecule has 4 N–H and O–H groups in total. The molecule has 0 heterocycles. The molecule has 0 aliphatic heterocycles. The Hall–Kier alpha value is -2.29. The van der Waals surface area contributed by atoms with Crippen molar-refractivity contribution in [1.82, 2.24) is 5.32 Å². The van der Waals surface area contributed by atoms with Gasteiger partial charge in [0.1, 0.15) is 11.9 Å². The molecule has 1 aromatic carbocycles. The first kappa shape index (κ1) is 18.8. The van der Waals surface area contributed by atoms with Crippen LogP contribution in [0.1, 0.15) is 6.42 Å². The Morgan fingerprint density at radius 1 is 1.30 bits per heavy atom. The number of amides is 3.